The molecule has 0 amide bonds. The molecular formula is C14H27NO. The summed E-state index contributed by atoms with van der Waals surface area (Å²) in [6.07, 6.45) is 7.20. The first-order chi connectivity index (χ1) is 7.42. The Morgan fingerprint density at radius 1 is 1.25 bits per heavy atom. The zero-order valence-electron chi connectivity index (χ0n) is 11.3. The third kappa shape index (κ3) is 4.06. The van der Waals surface area contributed by atoms with E-state index in [-0.39, 0.29) is 5.60 Å². The van der Waals surface area contributed by atoms with E-state index in [0.717, 1.165) is 5.92 Å². The van der Waals surface area contributed by atoms with E-state index in [2.05, 4.69) is 33.0 Å². The minimum absolute atomic E-state index is 0.0231. The minimum Gasteiger partial charge on any atom is -0.373 e. The average molecular weight is 225 g/mol. The Balaban J connectivity index is 1.57. The standard InChI is InChI=1S/C14H27NO/c1-10(7-11-5-6-11)15-12-8-13(9-12)16-14(2,3)4/h10-13,15H,5-9H2,1-4H3. The quantitative estimate of drug-likeness (QED) is 0.776. The van der Waals surface area contributed by atoms with Gasteiger partial charge in [-0.2, -0.15) is 0 Å². The lowest BCUT2D eigenvalue weighted by Gasteiger charge is -2.41. The fourth-order valence-electron chi connectivity index (χ4n) is 2.62. The maximum absolute atomic E-state index is 5.94. The van der Waals surface area contributed by atoms with Crippen LogP contribution in [0.1, 0.15) is 59.8 Å². The Morgan fingerprint density at radius 2 is 1.88 bits per heavy atom. The molecule has 0 aliphatic heterocycles. The van der Waals surface area contributed by atoms with E-state index in [0.29, 0.717) is 18.2 Å². The summed E-state index contributed by atoms with van der Waals surface area (Å²) in [4.78, 5) is 0. The Kier molecular flexibility index (Phi) is 3.60. The van der Waals surface area contributed by atoms with Crippen LogP contribution in [0.3, 0.4) is 0 Å². The topological polar surface area (TPSA) is 21.3 Å². The molecule has 2 aliphatic carbocycles. The van der Waals surface area contributed by atoms with Crippen molar-refractivity contribution in [1.29, 1.82) is 0 Å². The predicted molar refractivity (Wildman–Crippen MR) is 67.6 cm³/mol. The molecule has 0 aromatic carbocycles. The third-order valence-electron chi connectivity index (χ3n) is 3.52. The summed E-state index contributed by atoms with van der Waals surface area (Å²) < 4.78 is 5.94. The largest absolute Gasteiger partial charge is 0.373 e. The van der Waals surface area contributed by atoms with Crippen LogP contribution in [0.25, 0.3) is 0 Å². The van der Waals surface area contributed by atoms with E-state index >= 15 is 0 Å². The van der Waals surface area contributed by atoms with Crippen LogP contribution in [0, 0.1) is 5.92 Å². The molecule has 2 saturated carbocycles. The number of hydrogen-bond donors (Lipinski definition) is 1. The van der Waals surface area contributed by atoms with Gasteiger partial charge in [0.25, 0.3) is 0 Å². The molecule has 2 nitrogen and oxygen atoms in total. The van der Waals surface area contributed by atoms with Gasteiger partial charge in [-0.25, -0.2) is 0 Å². The molecule has 2 aliphatic rings. The summed E-state index contributed by atoms with van der Waals surface area (Å²) in [7, 11) is 0. The summed E-state index contributed by atoms with van der Waals surface area (Å²) in [5.74, 6) is 1.03. The van der Waals surface area contributed by atoms with Gasteiger partial charge in [-0.05, 0) is 52.9 Å². The molecule has 16 heavy (non-hydrogen) atoms. The molecule has 0 saturated heterocycles. The highest BCUT2D eigenvalue weighted by Gasteiger charge is 2.34. The van der Waals surface area contributed by atoms with E-state index in [4.69, 9.17) is 4.74 Å². The molecule has 0 aromatic heterocycles. The summed E-state index contributed by atoms with van der Waals surface area (Å²) in [6, 6.07) is 1.41. The maximum Gasteiger partial charge on any atom is 0.0612 e. The number of hydrogen-bond acceptors (Lipinski definition) is 2. The highest BCUT2D eigenvalue weighted by molar-refractivity contribution is 4.90. The van der Waals surface area contributed by atoms with Gasteiger partial charge in [0, 0.05) is 12.1 Å². The van der Waals surface area contributed by atoms with E-state index in [9.17, 15) is 0 Å². The molecule has 1 N–H and O–H groups in total. The molecule has 2 fully saturated rings. The van der Waals surface area contributed by atoms with Gasteiger partial charge in [0.05, 0.1) is 11.7 Å². The van der Waals surface area contributed by atoms with Crippen LogP contribution in [-0.4, -0.2) is 23.8 Å². The van der Waals surface area contributed by atoms with Gasteiger partial charge in [-0.1, -0.05) is 12.8 Å². The maximum atomic E-state index is 5.94. The molecule has 0 bridgehead atoms. The van der Waals surface area contributed by atoms with E-state index in [1.807, 2.05) is 0 Å². The van der Waals surface area contributed by atoms with Crippen molar-refractivity contribution in [3.8, 4) is 0 Å². The van der Waals surface area contributed by atoms with Crippen LogP contribution in [0.4, 0.5) is 0 Å². The molecular weight excluding hydrogens is 198 g/mol. The summed E-state index contributed by atoms with van der Waals surface area (Å²) in [5, 5.41) is 3.72. The molecule has 0 radical (unpaired) electrons. The van der Waals surface area contributed by atoms with Gasteiger partial charge >= 0.3 is 0 Å². The van der Waals surface area contributed by atoms with Gasteiger partial charge in [-0.15, -0.1) is 0 Å². The molecule has 94 valence electrons. The molecule has 1 atom stereocenters. The fourth-order valence-corrected chi connectivity index (χ4v) is 2.62. The highest BCUT2D eigenvalue weighted by Crippen LogP contribution is 2.34. The number of nitrogens with one attached hydrogen (secondary N) is 1. The predicted octanol–water partition coefficient (Wildman–Crippen LogP) is 3.11. The Labute approximate surface area is 100 Å². The van der Waals surface area contributed by atoms with Gasteiger partial charge in [0.1, 0.15) is 0 Å². The first-order valence-electron chi connectivity index (χ1n) is 6.86. The second kappa shape index (κ2) is 4.66. The lowest BCUT2D eigenvalue weighted by Crippen LogP contribution is -2.50. The second-order valence-electron chi connectivity index (χ2n) is 6.77. The van der Waals surface area contributed by atoms with Crippen molar-refractivity contribution in [1.82, 2.24) is 5.32 Å². The lowest BCUT2D eigenvalue weighted by molar-refractivity contribution is -0.103. The summed E-state index contributed by atoms with van der Waals surface area (Å²) in [5.41, 5.74) is 0.0231. The van der Waals surface area contributed by atoms with Crippen LogP contribution in [0.15, 0.2) is 0 Å². The molecule has 0 heterocycles. The third-order valence-corrected chi connectivity index (χ3v) is 3.52. The van der Waals surface area contributed by atoms with E-state index < -0.39 is 0 Å². The second-order valence-corrected chi connectivity index (χ2v) is 6.77. The van der Waals surface area contributed by atoms with Crippen LogP contribution >= 0.6 is 0 Å². The van der Waals surface area contributed by atoms with Gasteiger partial charge in [0.2, 0.25) is 0 Å². The summed E-state index contributed by atoms with van der Waals surface area (Å²) >= 11 is 0. The van der Waals surface area contributed by atoms with Crippen LogP contribution < -0.4 is 5.32 Å². The van der Waals surface area contributed by atoms with Crippen molar-refractivity contribution in [2.24, 2.45) is 5.92 Å². The zero-order valence-corrected chi connectivity index (χ0v) is 11.3. The molecule has 2 rings (SSSR count). The smallest absolute Gasteiger partial charge is 0.0612 e. The monoisotopic (exact) mass is 225 g/mol. The van der Waals surface area contributed by atoms with Crippen molar-refractivity contribution in [3.63, 3.8) is 0 Å². The molecule has 2 heteroatoms. The van der Waals surface area contributed by atoms with E-state index in [1.54, 1.807) is 0 Å². The number of rotatable bonds is 5. The normalized spacial score (nSPS) is 32.2. The molecule has 0 aromatic rings. The Morgan fingerprint density at radius 3 is 2.38 bits per heavy atom. The first kappa shape index (κ1) is 12.4. The van der Waals surface area contributed by atoms with Gasteiger partial charge in [-0.3, -0.25) is 0 Å². The van der Waals surface area contributed by atoms with Gasteiger partial charge in [0.15, 0.2) is 0 Å². The SMILES string of the molecule is CC(CC1CC1)NC1CC(OC(C)(C)C)C1. The Hall–Kier alpha value is -0.0800. The molecule has 0 spiro atoms. The van der Waals surface area contributed by atoms with Gasteiger partial charge < -0.3 is 10.1 Å². The van der Waals surface area contributed by atoms with Crippen molar-refractivity contribution < 1.29 is 4.74 Å². The Bertz CT molecular complexity index is 223. The first-order valence-corrected chi connectivity index (χ1v) is 6.86. The number of ether oxygens (including phenoxy) is 1. The lowest BCUT2D eigenvalue weighted by atomic mass is 9.87. The van der Waals surface area contributed by atoms with Crippen LogP contribution in [0.5, 0.6) is 0 Å². The minimum atomic E-state index is 0.0231. The summed E-state index contributed by atoms with van der Waals surface area (Å²) in [6.45, 7) is 8.76. The van der Waals surface area contributed by atoms with E-state index in [1.165, 1.54) is 32.1 Å². The zero-order chi connectivity index (χ0) is 11.8. The molecule has 1 unspecified atom stereocenters. The average Bonchev–Trinajstić information content (AvgIpc) is 2.81. The van der Waals surface area contributed by atoms with Crippen LogP contribution in [0.2, 0.25) is 0 Å². The van der Waals surface area contributed by atoms with Crippen molar-refractivity contribution in [2.75, 3.05) is 0 Å². The fraction of sp³-hybridized carbons (Fsp3) is 1.00. The van der Waals surface area contributed by atoms with Crippen molar-refractivity contribution >= 4 is 0 Å². The van der Waals surface area contributed by atoms with Crippen molar-refractivity contribution in [2.45, 2.75) is 83.6 Å². The highest BCUT2D eigenvalue weighted by atomic mass is 16.5. The van der Waals surface area contributed by atoms with Crippen LogP contribution in [-0.2, 0) is 4.74 Å². The van der Waals surface area contributed by atoms with Crippen molar-refractivity contribution in [3.05, 3.63) is 0 Å².